The van der Waals surface area contributed by atoms with Gasteiger partial charge in [0.2, 0.25) is 5.91 Å². The van der Waals surface area contributed by atoms with Crippen LogP contribution in [0.15, 0.2) is 24.3 Å². The van der Waals surface area contributed by atoms with Gasteiger partial charge >= 0.3 is 0 Å². The summed E-state index contributed by atoms with van der Waals surface area (Å²) < 4.78 is 0. The summed E-state index contributed by atoms with van der Waals surface area (Å²) in [7, 11) is 3.54. The van der Waals surface area contributed by atoms with Crippen LogP contribution in [0.1, 0.15) is 31.7 Å². The maximum Gasteiger partial charge on any atom is 0.225 e. The number of carbonyl (C=O) groups excluding carboxylic acids is 1. The number of nitrogens with zero attached hydrogens (tertiary/aromatic N) is 1. The van der Waals surface area contributed by atoms with Crippen LogP contribution >= 0.6 is 0 Å². The van der Waals surface area contributed by atoms with Gasteiger partial charge in [0, 0.05) is 20.0 Å². The average molecular weight is 235 g/mol. The summed E-state index contributed by atoms with van der Waals surface area (Å²) in [4.78, 5) is 13.6. The number of hydrogen-bond donors (Lipinski definition) is 1. The number of phenolic OH excluding ortho intramolecular Hbond substituents is 1. The second-order valence-corrected chi connectivity index (χ2v) is 4.63. The first kappa shape index (κ1) is 13.6. The van der Waals surface area contributed by atoms with Gasteiger partial charge in [0.15, 0.2) is 0 Å². The lowest BCUT2D eigenvalue weighted by atomic mass is 9.84. The third kappa shape index (κ3) is 3.22. The Balaban J connectivity index is 2.95. The third-order valence-corrected chi connectivity index (χ3v) is 3.17. The molecule has 0 bridgehead atoms. The van der Waals surface area contributed by atoms with Gasteiger partial charge in [-0.1, -0.05) is 26.0 Å². The van der Waals surface area contributed by atoms with Crippen LogP contribution in [0, 0.1) is 5.92 Å². The molecule has 0 unspecified atom stereocenters. The predicted octanol–water partition coefficient (Wildman–Crippen LogP) is 2.61. The Morgan fingerprint density at radius 2 is 2.06 bits per heavy atom. The lowest BCUT2D eigenvalue weighted by molar-refractivity contribution is -0.133. The number of aromatic hydroxyl groups is 1. The van der Waals surface area contributed by atoms with Crippen molar-refractivity contribution >= 4 is 5.91 Å². The molecule has 94 valence electrons. The molecule has 17 heavy (non-hydrogen) atoms. The summed E-state index contributed by atoms with van der Waals surface area (Å²) >= 11 is 0. The van der Waals surface area contributed by atoms with Gasteiger partial charge in [-0.05, 0) is 30.0 Å². The van der Waals surface area contributed by atoms with Crippen LogP contribution in [0.2, 0.25) is 0 Å². The minimum atomic E-state index is -0.0724. The highest BCUT2D eigenvalue weighted by Gasteiger charge is 2.25. The molecule has 2 atom stereocenters. The number of amides is 1. The molecular weight excluding hydrogens is 214 g/mol. The Labute approximate surface area is 103 Å². The van der Waals surface area contributed by atoms with E-state index in [1.165, 1.54) is 0 Å². The molecule has 0 aromatic heterocycles. The summed E-state index contributed by atoms with van der Waals surface area (Å²) in [6.45, 7) is 4.01. The van der Waals surface area contributed by atoms with Crippen molar-refractivity contribution in [2.75, 3.05) is 14.1 Å². The molecule has 0 heterocycles. The molecule has 3 nitrogen and oxygen atoms in total. The van der Waals surface area contributed by atoms with Crippen LogP contribution in [-0.2, 0) is 4.79 Å². The van der Waals surface area contributed by atoms with Crippen LogP contribution in [0.25, 0.3) is 0 Å². The zero-order chi connectivity index (χ0) is 13.0. The lowest BCUT2D eigenvalue weighted by Crippen LogP contribution is -2.31. The van der Waals surface area contributed by atoms with Crippen molar-refractivity contribution in [1.29, 1.82) is 0 Å². The highest BCUT2D eigenvalue weighted by molar-refractivity contribution is 5.79. The smallest absolute Gasteiger partial charge is 0.225 e. The van der Waals surface area contributed by atoms with Gasteiger partial charge in [-0.2, -0.15) is 0 Å². The van der Waals surface area contributed by atoms with Gasteiger partial charge in [-0.25, -0.2) is 0 Å². The van der Waals surface area contributed by atoms with E-state index in [4.69, 9.17) is 0 Å². The SMILES string of the molecule is CC[C@@H](c1cccc(O)c1)[C@H](C)C(=O)N(C)C. The summed E-state index contributed by atoms with van der Waals surface area (Å²) in [5.41, 5.74) is 1.02. The predicted molar refractivity (Wildman–Crippen MR) is 69.0 cm³/mol. The van der Waals surface area contributed by atoms with Gasteiger partial charge in [-0.3, -0.25) is 4.79 Å². The molecule has 0 saturated carbocycles. The quantitative estimate of drug-likeness (QED) is 0.871. The van der Waals surface area contributed by atoms with Crippen molar-refractivity contribution < 1.29 is 9.90 Å². The van der Waals surface area contributed by atoms with E-state index >= 15 is 0 Å². The Bertz CT molecular complexity index is 388. The number of rotatable bonds is 4. The molecule has 1 aromatic rings. The molecule has 1 N–H and O–H groups in total. The van der Waals surface area contributed by atoms with Crippen LogP contribution in [0.4, 0.5) is 0 Å². The van der Waals surface area contributed by atoms with Crippen LogP contribution in [-0.4, -0.2) is 30.0 Å². The summed E-state index contributed by atoms with van der Waals surface area (Å²) in [6, 6.07) is 7.18. The molecule has 3 heteroatoms. The number of hydrogen-bond acceptors (Lipinski definition) is 2. The molecule has 0 aliphatic heterocycles. The fourth-order valence-corrected chi connectivity index (χ4v) is 2.21. The van der Waals surface area contributed by atoms with E-state index in [9.17, 15) is 9.90 Å². The Morgan fingerprint density at radius 1 is 1.41 bits per heavy atom. The first-order chi connectivity index (χ1) is 7.97. The topological polar surface area (TPSA) is 40.5 Å². The van der Waals surface area contributed by atoms with Crippen molar-refractivity contribution in [3.8, 4) is 5.75 Å². The fraction of sp³-hybridized carbons (Fsp3) is 0.500. The third-order valence-electron chi connectivity index (χ3n) is 3.17. The van der Waals surface area contributed by atoms with E-state index < -0.39 is 0 Å². The van der Waals surface area contributed by atoms with E-state index in [1.807, 2.05) is 19.1 Å². The second-order valence-electron chi connectivity index (χ2n) is 4.63. The first-order valence-electron chi connectivity index (χ1n) is 5.97. The number of carbonyl (C=O) groups is 1. The summed E-state index contributed by atoms with van der Waals surface area (Å²) in [5, 5.41) is 9.49. The highest BCUT2D eigenvalue weighted by Crippen LogP contribution is 2.30. The largest absolute Gasteiger partial charge is 0.508 e. The average Bonchev–Trinajstić information content (AvgIpc) is 2.28. The zero-order valence-corrected chi connectivity index (χ0v) is 11.0. The normalized spacial score (nSPS) is 14.1. The Kier molecular flexibility index (Phi) is 4.55. The molecule has 0 fully saturated rings. The molecule has 0 saturated heterocycles. The standard InChI is InChI=1S/C14H21NO2/c1-5-13(10(2)14(17)15(3)4)11-7-6-8-12(16)9-11/h6-10,13,16H,5H2,1-4H3/t10-,13+/m0/s1. The maximum absolute atomic E-state index is 12.0. The van der Waals surface area contributed by atoms with Gasteiger partial charge in [0.05, 0.1) is 0 Å². The van der Waals surface area contributed by atoms with Gasteiger partial charge in [-0.15, -0.1) is 0 Å². The minimum Gasteiger partial charge on any atom is -0.508 e. The number of phenols is 1. The highest BCUT2D eigenvalue weighted by atomic mass is 16.3. The van der Waals surface area contributed by atoms with E-state index in [0.29, 0.717) is 0 Å². The molecule has 1 amide bonds. The van der Waals surface area contributed by atoms with Crippen molar-refractivity contribution in [1.82, 2.24) is 4.90 Å². The molecule has 0 radical (unpaired) electrons. The monoisotopic (exact) mass is 235 g/mol. The zero-order valence-electron chi connectivity index (χ0n) is 11.0. The fourth-order valence-electron chi connectivity index (χ4n) is 2.21. The van der Waals surface area contributed by atoms with E-state index in [0.717, 1.165) is 12.0 Å². The van der Waals surface area contributed by atoms with Crippen molar-refractivity contribution in [2.45, 2.75) is 26.2 Å². The van der Waals surface area contributed by atoms with Crippen LogP contribution in [0.5, 0.6) is 5.75 Å². The summed E-state index contributed by atoms with van der Waals surface area (Å²) in [6.07, 6.45) is 0.879. The van der Waals surface area contributed by atoms with Crippen molar-refractivity contribution in [3.63, 3.8) is 0 Å². The van der Waals surface area contributed by atoms with Crippen molar-refractivity contribution in [2.24, 2.45) is 5.92 Å². The molecule has 0 spiro atoms. The lowest BCUT2D eigenvalue weighted by Gasteiger charge is -2.25. The van der Waals surface area contributed by atoms with Crippen LogP contribution < -0.4 is 0 Å². The maximum atomic E-state index is 12.0. The van der Waals surface area contributed by atoms with E-state index in [1.54, 1.807) is 31.1 Å². The molecule has 0 aliphatic rings. The van der Waals surface area contributed by atoms with Gasteiger partial charge in [0.25, 0.3) is 0 Å². The summed E-state index contributed by atoms with van der Waals surface area (Å²) in [5.74, 6) is 0.458. The molecular formula is C14H21NO2. The van der Waals surface area contributed by atoms with Crippen molar-refractivity contribution in [3.05, 3.63) is 29.8 Å². The first-order valence-corrected chi connectivity index (χ1v) is 5.97. The number of benzene rings is 1. The Hall–Kier alpha value is -1.51. The molecule has 0 aliphatic carbocycles. The van der Waals surface area contributed by atoms with Gasteiger partial charge < -0.3 is 10.0 Å². The Morgan fingerprint density at radius 3 is 2.53 bits per heavy atom. The van der Waals surface area contributed by atoms with Gasteiger partial charge in [0.1, 0.15) is 5.75 Å². The second kappa shape index (κ2) is 5.71. The van der Waals surface area contributed by atoms with E-state index in [2.05, 4.69) is 6.92 Å². The molecule has 1 rings (SSSR count). The molecule has 1 aromatic carbocycles. The van der Waals surface area contributed by atoms with Crippen LogP contribution in [0.3, 0.4) is 0 Å². The van der Waals surface area contributed by atoms with E-state index in [-0.39, 0.29) is 23.5 Å². The minimum absolute atomic E-state index is 0.0724.